The molecule has 0 radical (unpaired) electrons. The molecule has 2 fully saturated rings. The van der Waals surface area contributed by atoms with Crippen LogP contribution in [0.3, 0.4) is 0 Å². The zero-order chi connectivity index (χ0) is 43.3. The van der Waals surface area contributed by atoms with Crippen LogP contribution in [-0.4, -0.2) is 126 Å². The molecule has 14 heteroatoms. The van der Waals surface area contributed by atoms with Crippen molar-refractivity contribution in [1.82, 2.24) is 14.7 Å². The zero-order valence-corrected chi connectivity index (χ0v) is 38.1. The van der Waals surface area contributed by atoms with E-state index in [0.717, 1.165) is 17.2 Å². The number of nitrogens with zero attached hydrogens (tertiary/aromatic N) is 3. The second-order valence-electron chi connectivity index (χ2n) is 19.5. The fourth-order valence-corrected chi connectivity index (χ4v) is 8.13. The Balaban J connectivity index is 1.74. The molecule has 2 saturated heterocycles. The van der Waals surface area contributed by atoms with E-state index < -0.39 is 73.3 Å². The van der Waals surface area contributed by atoms with Gasteiger partial charge in [-0.15, -0.1) is 0 Å². The molecule has 324 valence electrons. The maximum Gasteiger partial charge on any atom is 0.412 e. The third-order valence-corrected chi connectivity index (χ3v) is 11.6. The predicted octanol–water partition coefficient (Wildman–Crippen LogP) is 8.10. The van der Waals surface area contributed by atoms with Crippen molar-refractivity contribution in [3.05, 3.63) is 65.7 Å². The van der Waals surface area contributed by atoms with Gasteiger partial charge in [0.25, 0.3) is 0 Å². The van der Waals surface area contributed by atoms with Gasteiger partial charge in [0.2, 0.25) is 0 Å². The first kappa shape index (κ1) is 46.8. The van der Waals surface area contributed by atoms with Gasteiger partial charge in [-0.1, -0.05) is 62.1 Å². The van der Waals surface area contributed by atoms with Crippen LogP contribution in [0.15, 0.2) is 54.6 Å². The van der Waals surface area contributed by atoms with E-state index in [0.29, 0.717) is 18.6 Å². The molecule has 0 spiro atoms. The molecule has 2 aliphatic rings. The molecule has 4 atom stereocenters. The first-order valence-electron chi connectivity index (χ1n) is 20.5. The predicted molar refractivity (Wildman–Crippen MR) is 226 cm³/mol. The lowest BCUT2D eigenvalue weighted by Gasteiger charge is -2.36. The molecular formula is C44H69N3O10Si. The second kappa shape index (κ2) is 18.6. The van der Waals surface area contributed by atoms with Crippen LogP contribution in [0.5, 0.6) is 5.75 Å². The Bertz CT molecular complexity index is 1670. The van der Waals surface area contributed by atoms with Gasteiger partial charge in [-0.3, -0.25) is 9.80 Å². The Morgan fingerprint density at radius 2 is 1.17 bits per heavy atom. The molecule has 0 unspecified atom stereocenters. The summed E-state index contributed by atoms with van der Waals surface area (Å²) in [4.78, 5) is 47.2. The van der Waals surface area contributed by atoms with E-state index in [9.17, 15) is 19.5 Å². The Kier molecular flexibility index (Phi) is 15.0. The maximum absolute atomic E-state index is 14.4. The third kappa shape index (κ3) is 13.3. The minimum Gasteiger partial charge on any atom is -0.491 e. The third-order valence-electron chi connectivity index (χ3n) is 9.89. The largest absolute Gasteiger partial charge is 0.491 e. The quantitative estimate of drug-likeness (QED) is 0.147. The van der Waals surface area contributed by atoms with Crippen LogP contribution in [0.4, 0.5) is 14.4 Å². The van der Waals surface area contributed by atoms with Gasteiger partial charge in [-0.05, 0) is 111 Å². The van der Waals surface area contributed by atoms with Gasteiger partial charge in [0.05, 0.1) is 50.6 Å². The first-order chi connectivity index (χ1) is 26.8. The van der Waals surface area contributed by atoms with Crippen LogP contribution in [0.2, 0.25) is 25.7 Å². The van der Waals surface area contributed by atoms with E-state index >= 15 is 0 Å². The molecule has 1 N–H and O–H groups in total. The lowest BCUT2D eigenvalue weighted by molar-refractivity contribution is -0.0905. The van der Waals surface area contributed by atoms with Crippen LogP contribution >= 0.6 is 0 Å². The van der Waals surface area contributed by atoms with Gasteiger partial charge < -0.3 is 38.4 Å². The van der Waals surface area contributed by atoms with Gasteiger partial charge in [0.1, 0.15) is 35.0 Å². The summed E-state index contributed by atoms with van der Waals surface area (Å²) in [5, 5.41) is 9.23. The summed E-state index contributed by atoms with van der Waals surface area (Å²) in [6.07, 6.45) is -2.07. The highest BCUT2D eigenvalue weighted by Gasteiger charge is 2.54. The van der Waals surface area contributed by atoms with E-state index in [1.165, 1.54) is 0 Å². The molecule has 0 aliphatic carbocycles. The summed E-state index contributed by atoms with van der Waals surface area (Å²) in [5.41, 5.74) is -1.79. The van der Waals surface area contributed by atoms with Crippen LogP contribution in [0.1, 0.15) is 80.4 Å². The van der Waals surface area contributed by atoms with Crippen molar-refractivity contribution in [3.63, 3.8) is 0 Å². The minimum atomic E-state index is -1.55. The Labute approximate surface area is 347 Å². The molecule has 4 rings (SSSR count). The number of hydrogen-bond acceptors (Lipinski definition) is 10. The minimum absolute atomic E-state index is 0.0572. The SMILES string of the molecule is CC(C)(C)OC(=O)N1[C@@H](Cc2ccccc2)[C@@H](CN(C[C@H]2OC(C)(C)N(C(=O)OC(C)(C)C)[C@H]2Cc2ccc(OCCO)cc2)C(=O)OCC[Si](C)(C)C)OC1(C)C. The number of carbonyl (C=O) groups is 3. The first-order valence-corrected chi connectivity index (χ1v) is 24.2. The molecule has 3 amide bonds. The summed E-state index contributed by atoms with van der Waals surface area (Å²) in [5.74, 6) is 0.610. The summed E-state index contributed by atoms with van der Waals surface area (Å²) < 4.78 is 36.9. The lowest BCUT2D eigenvalue weighted by Crippen LogP contribution is -2.53. The molecule has 13 nitrogen and oxygen atoms in total. The van der Waals surface area contributed by atoms with Crippen LogP contribution < -0.4 is 4.74 Å². The van der Waals surface area contributed by atoms with Crippen molar-refractivity contribution in [2.45, 2.75) is 155 Å². The number of hydrogen-bond donors (Lipinski definition) is 1. The standard InChI is InChI=1S/C44H69N3O10Si/c1-41(2,3)56-39(50)46-34(27-31-17-15-14-16-18-31)36(54-43(46,7)8)29-45(38(49)53-25-26-58(11,12)13)30-37-35(28-32-19-21-33(22-20-32)52-24-23-48)47(44(9,10)55-37)40(51)57-42(4,5)6/h14-22,34-37,48H,23-30H2,1-13H3/t34-,35-,36+,37+/m0/s1. The Morgan fingerprint density at radius 3 is 1.59 bits per heavy atom. The highest BCUT2D eigenvalue weighted by Crippen LogP contribution is 2.39. The fraction of sp³-hybridized carbons (Fsp3) is 0.659. The highest BCUT2D eigenvalue weighted by atomic mass is 28.3. The molecule has 58 heavy (non-hydrogen) atoms. The number of amides is 3. The second-order valence-corrected chi connectivity index (χ2v) is 25.1. The molecule has 2 aliphatic heterocycles. The molecule has 2 heterocycles. The average Bonchev–Trinajstić information content (AvgIpc) is 3.48. The molecule has 2 aromatic rings. The smallest absolute Gasteiger partial charge is 0.412 e. The number of rotatable bonds is 14. The van der Waals surface area contributed by atoms with E-state index in [2.05, 4.69) is 19.6 Å². The number of aliphatic hydroxyl groups excluding tert-OH is 1. The molecular weight excluding hydrogens is 759 g/mol. The monoisotopic (exact) mass is 827 g/mol. The lowest BCUT2D eigenvalue weighted by atomic mass is 9.98. The Hall–Kier alpha value is -3.85. The van der Waals surface area contributed by atoms with E-state index in [4.69, 9.17) is 28.4 Å². The van der Waals surface area contributed by atoms with Crippen LogP contribution in [-0.2, 0) is 36.5 Å². The maximum atomic E-state index is 14.4. The van der Waals surface area contributed by atoms with Gasteiger partial charge in [-0.25, -0.2) is 14.4 Å². The number of carbonyl (C=O) groups excluding carboxylic acids is 3. The number of ether oxygens (including phenoxy) is 6. The average molecular weight is 828 g/mol. The van der Waals surface area contributed by atoms with E-state index in [1.807, 2.05) is 124 Å². The van der Waals surface area contributed by atoms with Crippen molar-refractivity contribution in [3.8, 4) is 5.75 Å². The van der Waals surface area contributed by atoms with Crippen LogP contribution in [0.25, 0.3) is 0 Å². The van der Waals surface area contributed by atoms with Crippen molar-refractivity contribution < 1.29 is 47.9 Å². The summed E-state index contributed by atoms with van der Waals surface area (Å²) >= 11 is 0. The molecule has 0 saturated carbocycles. The van der Waals surface area contributed by atoms with Crippen molar-refractivity contribution >= 4 is 26.4 Å². The van der Waals surface area contributed by atoms with Gasteiger partial charge in [0, 0.05) is 8.07 Å². The zero-order valence-electron chi connectivity index (χ0n) is 37.1. The van der Waals surface area contributed by atoms with Gasteiger partial charge in [-0.2, -0.15) is 0 Å². The number of aliphatic hydroxyl groups is 1. The normalized spacial score (nSPS) is 21.8. The molecule has 0 aromatic heterocycles. The van der Waals surface area contributed by atoms with Crippen molar-refractivity contribution in [2.24, 2.45) is 0 Å². The van der Waals surface area contributed by atoms with E-state index in [-0.39, 0.29) is 32.9 Å². The topological polar surface area (TPSA) is 137 Å². The Morgan fingerprint density at radius 1 is 0.724 bits per heavy atom. The van der Waals surface area contributed by atoms with E-state index in [1.54, 1.807) is 14.7 Å². The van der Waals surface area contributed by atoms with Crippen molar-refractivity contribution in [1.29, 1.82) is 0 Å². The highest BCUT2D eigenvalue weighted by molar-refractivity contribution is 6.76. The molecule has 2 aromatic carbocycles. The van der Waals surface area contributed by atoms with Gasteiger partial charge in [0.15, 0.2) is 0 Å². The van der Waals surface area contributed by atoms with Gasteiger partial charge >= 0.3 is 18.3 Å². The van der Waals surface area contributed by atoms with Crippen LogP contribution in [0, 0.1) is 0 Å². The fourth-order valence-electron chi connectivity index (χ4n) is 7.41. The summed E-state index contributed by atoms with van der Waals surface area (Å²) in [6.45, 7) is 25.4. The summed E-state index contributed by atoms with van der Waals surface area (Å²) in [6, 6.07) is 17.1. The number of benzene rings is 2. The summed E-state index contributed by atoms with van der Waals surface area (Å²) in [7, 11) is -1.55. The molecule has 0 bridgehead atoms. The van der Waals surface area contributed by atoms with Crippen molar-refractivity contribution in [2.75, 3.05) is 32.9 Å².